The van der Waals surface area contributed by atoms with E-state index in [-0.39, 0.29) is 5.91 Å². The lowest BCUT2D eigenvalue weighted by Crippen LogP contribution is -2.41. The van der Waals surface area contributed by atoms with E-state index in [9.17, 15) is 4.79 Å². The number of nitrogens with one attached hydrogen (secondary N) is 2. The summed E-state index contributed by atoms with van der Waals surface area (Å²) in [5.41, 5.74) is 0. The number of rotatable bonds is 3. The molecule has 2 aliphatic rings. The maximum atomic E-state index is 11.4. The minimum atomic E-state index is 0.163. The predicted octanol–water partition coefficient (Wildman–Crippen LogP) is -0.194. The van der Waals surface area contributed by atoms with Crippen molar-refractivity contribution in [1.82, 2.24) is 15.5 Å². The summed E-state index contributed by atoms with van der Waals surface area (Å²) in [6.07, 6.45) is 2.61. The molecule has 0 aromatic rings. The fourth-order valence-electron chi connectivity index (χ4n) is 2.72. The van der Waals surface area contributed by atoms with Crippen molar-refractivity contribution in [3.63, 3.8) is 0 Å². The lowest BCUT2D eigenvalue weighted by Gasteiger charge is -2.24. The molecule has 4 nitrogen and oxygen atoms in total. The third kappa shape index (κ3) is 2.69. The Hall–Kier alpha value is -0.610. The minimum Gasteiger partial charge on any atom is -0.355 e. The van der Waals surface area contributed by atoms with Crippen LogP contribution in [0.25, 0.3) is 0 Å². The molecule has 86 valence electrons. The zero-order valence-corrected chi connectivity index (χ0v) is 9.46. The molecular formula is C11H21N3O. The predicted molar refractivity (Wildman–Crippen MR) is 59.6 cm³/mol. The lowest BCUT2D eigenvalue weighted by molar-refractivity contribution is -0.121. The van der Waals surface area contributed by atoms with Crippen molar-refractivity contribution in [2.45, 2.75) is 25.8 Å². The van der Waals surface area contributed by atoms with Gasteiger partial charge in [-0.15, -0.1) is 0 Å². The highest BCUT2D eigenvalue weighted by Crippen LogP contribution is 2.24. The SMILES string of the molecule is CCNC(=O)CN1C[C@@H]2CCCN[C@@H]2C1. The molecule has 2 fully saturated rings. The summed E-state index contributed by atoms with van der Waals surface area (Å²) in [4.78, 5) is 13.7. The fourth-order valence-corrected chi connectivity index (χ4v) is 2.72. The number of likely N-dealkylation sites (tertiary alicyclic amines) is 1. The smallest absolute Gasteiger partial charge is 0.234 e. The summed E-state index contributed by atoms with van der Waals surface area (Å²) < 4.78 is 0. The summed E-state index contributed by atoms with van der Waals surface area (Å²) in [7, 11) is 0. The Balaban J connectivity index is 1.78. The van der Waals surface area contributed by atoms with Crippen LogP contribution in [0.4, 0.5) is 0 Å². The molecule has 0 unspecified atom stereocenters. The molecule has 0 aliphatic carbocycles. The molecule has 0 aromatic carbocycles. The fraction of sp³-hybridized carbons (Fsp3) is 0.909. The van der Waals surface area contributed by atoms with Crippen LogP contribution in [0.2, 0.25) is 0 Å². The lowest BCUT2D eigenvalue weighted by atomic mass is 9.94. The van der Waals surface area contributed by atoms with E-state index in [1.807, 2.05) is 6.92 Å². The normalized spacial score (nSPS) is 31.3. The van der Waals surface area contributed by atoms with Crippen LogP contribution in [0.3, 0.4) is 0 Å². The van der Waals surface area contributed by atoms with E-state index in [0.717, 1.165) is 32.1 Å². The Morgan fingerprint density at radius 2 is 2.40 bits per heavy atom. The maximum Gasteiger partial charge on any atom is 0.234 e. The minimum absolute atomic E-state index is 0.163. The number of piperidine rings is 1. The molecule has 4 heteroatoms. The molecule has 0 saturated carbocycles. The highest BCUT2D eigenvalue weighted by Gasteiger charge is 2.34. The van der Waals surface area contributed by atoms with E-state index < -0.39 is 0 Å². The molecule has 15 heavy (non-hydrogen) atoms. The monoisotopic (exact) mass is 211 g/mol. The van der Waals surface area contributed by atoms with E-state index >= 15 is 0 Å². The molecule has 2 heterocycles. The average Bonchev–Trinajstić information content (AvgIpc) is 2.59. The Labute approximate surface area is 91.4 Å². The zero-order valence-electron chi connectivity index (χ0n) is 9.46. The second-order valence-electron chi connectivity index (χ2n) is 4.61. The summed E-state index contributed by atoms with van der Waals surface area (Å²) in [5, 5.41) is 6.40. The summed E-state index contributed by atoms with van der Waals surface area (Å²) in [6.45, 7) is 6.55. The van der Waals surface area contributed by atoms with Gasteiger partial charge in [-0.1, -0.05) is 0 Å². The van der Waals surface area contributed by atoms with Gasteiger partial charge in [0.05, 0.1) is 6.54 Å². The molecule has 2 rings (SSSR count). The van der Waals surface area contributed by atoms with Crippen LogP contribution in [0.15, 0.2) is 0 Å². The quantitative estimate of drug-likeness (QED) is 0.680. The van der Waals surface area contributed by atoms with Gasteiger partial charge in [0.25, 0.3) is 0 Å². The van der Waals surface area contributed by atoms with Crippen molar-refractivity contribution >= 4 is 5.91 Å². The Bertz CT molecular complexity index is 218. The molecule has 1 amide bonds. The van der Waals surface area contributed by atoms with E-state index in [4.69, 9.17) is 0 Å². The number of hydrogen-bond acceptors (Lipinski definition) is 3. The largest absolute Gasteiger partial charge is 0.355 e. The van der Waals surface area contributed by atoms with Crippen molar-refractivity contribution in [3.8, 4) is 0 Å². The van der Waals surface area contributed by atoms with Gasteiger partial charge in [0.1, 0.15) is 0 Å². The molecule has 0 spiro atoms. The molecule has 0 bridgehead atoms. The number of fused-ring (bicyclic) bond motifs is 1. The van der Waals surface area contributed by atoms with Gasteiger partial charge in [0, 0.05) is 25.7 Å². The molecular weight excluding hydrogens is 190 g/mol. The van der Waals surface area contributed by atoms with Gasteiger partial charge in [-0.05, 0) is 32.2 Å². The van der Waals surface area contributed by atoms with Crippen LogP contribution in [-0.2, 0) is 4.79 Å². The first kappa shape index (κ1) is 10.9. The second kappa shape index (κ2) is 4.94. The number of hydrogen-bond donors (Lipinski definition) is 2. The number of carbonyl (C=O) groups is 1. The van der Waals surface area contributed by atoms with Gasteiger partial charge in [-0.25, -0.2) is 0 Å². The van der Waals surface area contributed by atoms with Crippen LogP contribution >= 0.6 is 0 Å². The Morgan fingerprint density at radius 1 is 1.53 bits per heavy atom. The number of amides is 1. The molecule has 2 aliphatic heterocycles. The number of likely N-dealkylation sites (N-methyl/N-ethyl adjacent to an activating group) is 1. The average molecular weight is 211 g/mol. The Kier molecular flexibility index (Phi) is 3.59. The van der Waals surface area contributed by atoms with Crippen LogP contribution in [-0.4, -0.2) is 49.6 Å². The summed E-state index contributed by atoms with van der Waals surface area (Å²) >= 11 is 0. The zero-order chi connectivity index (χ0) is 10.7. The van der Waals surface area contributed by atoms with Crippen molar-refractivity contribution in [2.75, 3.05) is 32.7 Å². The highest BCUT2D eigenvalue weighted by atomic mass is 16.2. The molecule has 2 N–H and O–H groups in total. The third-order valence-electron chi connectivity index (χ3n) is 3.42. The highest BCUT2D eigenvalue weighted by molar-refractivity contribution is 5.77. The standard InChI is InChI=1S/C11H21N3O/c1-2-12-11(15)8-14-6-9-4-3-5-13-10(9)7-14/h9-10,13H,2-8H2,1H3,(H,12,15)/t9-,10+/m0/s1. The van der Waals surface area contributed by atoms with Crippen molar-refractivity contribution in [2.24, 2.45) is 5.92 Å². The number of carbonyl (C=O) groups excluding carboxylic acids is 1. The van der Waals surface area contributed by atoms with E-state index in [1.165, 1.54) is 12.8 Å². The van der Waals surface area contributed by atoms with Crippen LogP contribution in [0.1, 0.15) is 19.8 Å². The van der Waals surface area contributed by atoms with Gasteiger partial charge < -0.3 is 10.6 Å². The first-order valence-electron chi connectivity index (χ1n) is 6.02. The first-order chi connectivity index (χ1) is 7.29. The van der Waals surface area contributed by atoms with E-state index in [2.05, 4.69) is 15.5 Å². The van der Waals surface area contributed by atoms with E-state index in [1.54, 1.807) is 0 Å². The molecule has 0 radical (unpaired) electrons. The van der Waals surface area contributed by atoms with E-state index in [0.29, 0.717) is 12.6 Å². The van der Waals surface area contributed by atoms with Crippen molar-refractivity contribution in [3.05, 3.63) is 0 Å². The van der Waals surface area contributed by atoms with Gasteiger partial charge in [-0.3, -0.25) is 9.69 Å². The first-order valence-corrected chi connectivity index (χ1v) is 6.02. The molecule has 0 aromatic heterocycles. The number of nitrogens with zero attached hydrogens (tertiary/aromatic N) is 1. The van der Waals surface area contributed by atoms with Gasteiger partial charge in [0.15, 0.2) is 0 Å². The topological polar surface area (TPSA) is 44.4 Å². The summed E-state index contributed by atoms with van der Waals surface area (Å²) in [5.74, 6) is 0.935. The molecule has 2 atom stereocenters. The van der Waals surface area contributed by atoms with Crippen LogP contribution in [0, 0.1) is 5.92 Å². The van der Waals surface area contributed by atoms with Crippen LogP contribution < -0.4 is 10.6 Å². The van der Waals surface area contributed by atoms with Gasteiger partial charge in [0.2, 0.25) is 5.91 Å². The van der Waals surface area contributed by atoms with Gasteiger partial charge in [-0.2, -0.15) is 0 Å². The Morgan fingerprint density at radius 3 is 3.13 bits per heavy atom. The van der Waals surface area contributed by atoms with Crippen molar-refractivity contribution in [1.29, 1.82) is 0 Å². The molecule has 2 saturated heterocycles. The third-order valence-corrected chi connectivity index (χ3v) is 3.42. The maximum absolute atomic E-state index is 11.4. The van der Waals surface area contributed by atoms with Crippen molar-refractivity contribution < 1.29 is 4.79 Å². The summed E-state index contributed by atoms with van der Waals surface area (Å²) in [6, 6.07) is 0.633. The van der Waals surface area contributed by atoms with Crippen LogP contribution in [0.5, 0.6) is 0 Å². The van der Waals surface area contributed by atoms with Gasteiger partial charge >= 0.3 is 0 Å². The second-order valence-corrected chi connectivity index (χ2v) is 4.61.